The number of nitrogens with zero attached hydrogens (tertiary/aromatic N) is 2. The molecule has 3 rings (SSSR count). The van der Waals surface area contributed by atoms with Crippen molar-refractivity contribution >= 4 is 50.7 Å². The lowest BCUT2D eigenvalue weighted by Gasteiger charge is -2.33. The van der Waals surface area contributed by atoms with Crippen LogP contribution in [0.1, 0.15) is 32.3 Å². The SMILES string of the molecule is CCCNC(=O)C(CC)N(Cc1ccc(Cl)c(Cl)c1)C(=O)CN(c1cc(OC)ccc1OC)S(=O)(=O)c1ccc(OC)c(OC)c1. The highest BCUT2D eigenvalue weighted by molar-refractivity contribution is 7.92. The first kappa shape index (κ1) is 36.6. The fourth-order valence-corrected chi connectivity index (χ4v) is 6.48. The number of rotatable bonds is 16. The number of halogens is 2. The number of carbonyl (C=O) groups is 2. The van der Waals surface area contributed by atoms with Gasteiger partial charge < -0.3 is 29.2 Å². The van der Waals surface area contributed by atoms with Crippen molar-refractivity contribution in [3.63, 3.8) is 0 Å². The Kier molecular flexibility index (Phi) is 13.2. The zero-order chi connectivity index (χ0) is 34.0. The molecule has 46 heavy (non-hydrogen) atoms. The van der Waals surface area contributed by atoms with E-state index in [4.69, 9.17) is 42.1 Å². The molecule has 1 unspecified atom stereocenters. The van der Waals surface area contributed by atoms with Crippen molar-refractivity contribution in [1.82, 2.24) is 10.2 Å². The third kappa shape index (κ3) is 8.48. The predicted octanol–water partition coefficient (Wildman–Crippen LogP) is 5.56. The second-order valence-corrected chi connectivity index (χ2v) is 12.7. The minimum Gasteiger partial charge on any atom is -0.497 e. The molecule has 0 spiro atoms. The van der Waals surface area contributed by atoms with E-state index in [1.165, 1.54) is 63.7 Å². The van der Waals surface area contributed by atoms with E-state index in [2.05, 4.69) is 5.32 Å². The van der Waals surface area contributed by atoms with E-state index < -0.39 is 28.5 Å². The van der Waals surface area contributed by atoms with Crippen molar-refractivity contribution in [3.8, 4) is 23.0 Å². The molecule has 0 aromatic heterocycles. The van der Waals surface area contributed by atoms with Gasteiger partial charge in [0.05, 0.1) is 49.1 Å². The summed E-state index contributed by atoms with van der Waals surface area (Å²) < 4.78 is 51.3. The molecule has 0 bridgehead atoms. The normalized spacial score (nSPS) is 11.7. The largest absolute Gasteiger partial charge is 0.497 e. The summed E-state index contributed by atoms with van der Waals surface area (Å²) in [5, 5.41) is 3.45. The van der Waals surface area contributed by atoms with E-state index in [1.807, 2.05) is 6.92 Å². The van der Waals surface area contributed by atoms with E-state index in [0.29, 0.717) is 35.1 Å². The summed E-state index contributed by atoms with van der Waals surface area (Å²) >= 11 is 12.4. The second kappa shape index (κ2) is 16.6. The molecule has 0 saturated carbocycles. The van der Waals surface area contributed by atoms with Gasteiger partial charge in [0, 0.05) is 25.2 Å². The van der Waals surface area contributed by atoms with Crippen LogP contribution < -0.4 is 28.6 Å². The van der Waals surface area contributed by atoms with Crippen molar-refractivity contribution in [2.45, 2.75) is 44.2 Å². The number of benzene rings is 3. The van der Waals surface area contributed by atoms with E-state index in [-0.39, 0.29) is 46.0 Å². The Balaban J connectivity index is 2.20. The molecule has 0 fully saturated rings. The number of anilines is 1. The maximum atomic E-state index is 14.4. The van der Waals surface area contributed by atoms with Gasteiger partial charge in [0.1, 0.15) is 24.1 Å². The number of hydrogen-bond acceptors (Lipinski definition) is 8. The Morgan fingerprint density at radius 3 is 2.09 bits per heavy atom. The number of carbonyl (C=O) groups excluding carboxylic acids is 2. The van der Waals surface area contributed by atoms with Gasteiger partial charge in [-0.1, -0.05) is 43.1 Å². The van der Waals surface area contributed by atoms with E-state index in [9.17, 15) is 18.0 Å². The fourth-order valence-electron chi connectivity index (χ4n) is 4.73. The van der Waals surface area contributed by atoms with Gasteiger partial charge in [-0.15, -0.1) is 0 Å². The van der Waals surface area contributed by atoms with Crippen molar-refractivity contribution < 1.29 is 37.0 Å². The molecule has 0 aliphatic rings. The van der Waals surface area contributed by atoms with Crippen molar-refractivity contribution in [2.75, 3.05) is 45.8 Å². The quantitative estimate of drug-likeness (QED) is 0.207. The number of amides is 2. The zero-order valence-electron chi connectivity index (χ0n) is 26.6. The zero-order valence-corrected chi connectivity index (χ0v) is 29.0. The van der Waals surface area contributed by atoms with Crippen molar-refractivity contribution in [2.24, 2.45) is 0 Å². The minimum absolute atomic E-state index is 0.0444. The summed E-state index contributed by atoms with van der Waals surface area (Å²) in [5.74, 6) is -0.0354. The summed E-state index contributed by atoms with van der Waals surface area (Å²) in [6.45, 7) is 3.35. The predicted molar refractivity (Wildman–Crippen MR) is 178 cm³/mol. The van der Waals surface area contributed by atoms with Crippen LogP contribution in [-0.2, 0) is 26.2 Å². The van der Waals surface area contributed by atoms with Gasteiger partial charge in [-0.3, -0.25) is 13.9 Å². The lowest BCUT2D eigenvalue weighted by Crippen LogP contribution is -2.52. The number of ether oxygens (including phenoxy) is 4. The van der Waals surface area contributed by atoms with Crippen LogP contribution in [0.25, 0.3) is 0 Å². The number of hydrogen-bond donors (Lipinski definition) is 1. The first-order valence-electron chi connectivity index (χ1n) is 14.4. The van der Waals surface area contributed by atoms with Crippen LogP contribution in [0, 0.1) is 0 Å². The van der Waals surface area contributed by atoms with Gasteiger partial charge in [0.15, 0.2) is 11.5 Å². The number of sulfonamides is 1. The highest BCUT2D eigenvalue weighted by atomic mass is 35.5. The molecule has 14 heteroatoms. The van der Waals surface area contributed by atoms with Gasteiger partial charge in [-0.2, -0.15) is 0 Å². The van der Waals surface area contributed by atoms with Crippen LogP contribution in [0.5, 0.6) is 23.0 Å². The van der Waals surface area contributed by atoms with Crippen molar-refractivity contribution in [1.29, 1.82) is 0 Å². The molecule has 11 nitrogen and oxygen atoms in total. The van der Waals surface area contributed by atoms with Crippen LogP contribution in [0.3, 0.4) is 0 Å². The smallest absolute Gasteiger partial charge is 0.265 e. The molecule has 3 aromatic rings. The first-order chi connectivity index (χ1) is 21.9. The molecule has 0 aliphatic carbocycles. The highest BCUT2D eigenvalue weighted by Gasteiger charge is 2.35. The van der Waals surface area contributed by atoms with Gasteiger partial charge in [0.25, 0.3) is 10.0 Å². The molecule has 2 amide bonds. The molecule has 0 saturated heterocycles. The molecule has 250 valence electrons. The molecule has 0 heterocycles. The molecule has 3 aromatic carbocycles. The summed E-state index contributed by atoms with van der Waals surface area (Å²) in [4.78, 5) is 28.9. The maximum Gasteiger partial charge on any atom is 0.265 e. The van der Waals surface area contributed by atoms with Crippen LogP contribution in [-0.4, -0.2) is 72.7 Å². The van der Waals surface area contributed by atoms with Crippen LogP contribution in [0.15, 0.2) is 59.5 Å². The Bertz CT molecular complexity index is 1640. The Morgan fingerprint density at radius 1 is 0.826 bits per heavy atom. The van der Waals surface area contributed by atoms with Gasteiger partial charge in [-0.05, 0) is 54.8 Å². The highest BCUT2D eigenvalue weighted by Crippen LogP contribution is 2.38. The maximum absolute atomic E-state index is 14.4. The molecular weight excluding hydrogens is 657 g/mol. The van der Waals surface area contributed by atoms with Gasteiger partial charge >= 0.3 is 0 Å². The van der Waals surface area contributed by atoms with E-state index in [1.54, 1.807) is 31.2 Å². The molecule has 0 radical (unpaired) electrons. The lowest BCUT2D eigenvalue weighted by atomic mass is 10.1. The van der Waals surface area contributed by atoms with Gasteiger partial charge in [-0.25, -0.2) is 8.42 Å². The average Bonchev–Trinajstić information content (AvgIpc) is 3.06. The topological polar surface area (TPSA) is 124 Å². The Hall–Kier alpha value is -3.87. The number of nitrogens with one attached hydrogen (secondary N) is 1. The Labute approximate surface area is 280 Å². The second-order valence-electron chi connectivity index (χ2n) is 10.1. The molecular formula is C32H39Cl2N3O8S. The average molecular weight is 697 g/mol. The van der Waals surface area contributed by atoms with Crippen LogP contribution in [0.4, 0.5) is 5.69 Å². The standard InChI is InChI=1S/C32H39Cl2N3O8S/c1-7-15-35-32(39)26(8-2)36(19-21-9-12-24(33)25(34)16-21)31(38)20-37(27-17-22(42-3)10-13-28(27)43-4)46(40,41)23-11-14-29(44-5)30(18-23)45-6/h9-14,16-18,26H,7-8,15,19-20H2,1-6H3,(H,35,39). The van der Waals surface area contributed by atoms with Gasteiger partial charge in [0.2, 0.25) is 11.8 Å². The summed E-state index contributed by atoms with van der Waals surface area (Å²) in [6, 6.07) is 12.7. The first-order valence-corrected chi connectivity index (χ1v) is 16.6. The third-order valence-electron chi connectivity index (χ3n) is 7.15. The van der Waals surface area contributed by atoms with Crippen molar-refractivity contribution in [3.05, 3.63) is 70.2 Å². The number of methoxy groups -OCH3 is 4. The summed E-state index contributed by atoms with van der Waals surface area (Å²) in [7, 11) is 1.16. The van der Waals surface area contributed by atoms with E-state index >= 15 is 0 Å². The van der Waals surface area contributed by atoms with Crippen LogP contribution in [0.2, 0.25) is 10.0 Å². The molecule has 0 aliphatic heterocycles. The third-order valence-corrected chi connectivity index (χ3v) is 9.64. The minimum atomic E-state index is -4.47. The lowest BCUT2D eigenvalue weighted by molar-refractivity contribution is -0.140. The Morgan fingerprint density at radius 2 is 1.50 bits per heavy atom. The fraction of sp³-hybridized carbons (Fsp3) is 0.375. The molecule has 1 N–H and O–H groups in total. The van der Waals surface area contributed by atoms with E-state index in [0.717, 1.165) is 4.31 Å². The summed E-state index contributed by atoms with van der Waals surface area (Å²) in [5.41, 5.74) is 0.640. The van der Waals surface area contributed by atoms with Crippen LogP contribution >= 0.6 is 23.2 Å². The summed E-state index contributed by atoms with van der Waals surface area (Å²) in [6.07, 6.45) is 0.948. The molecule has 1 atom stereocenters. The monoisotopic (exact) mass is 695 g/mol.